The Bertz CT molecular complexity index is 13.6. The van der Waals surface area contributed by atoms with Gasteiger partial charge in [0.15, 0.2) is 0 Å². The maximum atomic E-state index is 4.00. The summed E-state index contributed by atoms with van der Waals surface area (Å²) in [6.07, 6.45) is 0. The lowest BCUT2D eigenvalue weighted by molar-refractivity contribution is 1.26. The highest BCUT2D eigenvalue weighted by molar-refractivity contribution is 7.49. The Balaban J connectivity index is 0. The van der Waals surface area contributed by atoms with E-state index in [1.807, 2.05) is 0 Å². The minimum absolute atomic E-state index is 1.34. The van der Waals surface area contributed by atoms with Crippen LogP contribution in [0.15, 0.2) is 0 Å². The number of hydrogen-bond donors (Lipinski definition) is 2. The number of hydrazine groups is 1. The monoisotopic (exact) mass is 94.1 g/mol. The standard InChI is InChI=1S/B5H7.H4N2/c1-3-5-4-2;1-2/h3-5H,1-2H2;1-2H2. The molecule has 0 spiro atoms. The molecule has 0 saturated heterocycles. The first-order valence-corrected chi connectivity index (χ1v) is 2.75. The van der Waals surface area contributed by atoms with Gasteiger partial charge in [0, 0.05) is 21.2 Å². The van der Waals surface area contributed by atoms with E-state index in [4.69, 9.17) is 0 Å². The topological polar surface area (TPSA) is 52.0 Å². The van der Waals surface area contributed by atoms with E-state index in [9.17, 15) is 0 Å². The van der Waals surface area contributed by atoms with Crippen molar-refractivity contribution < 1.29 is 0 Å². The molecule has 0 aromatic rings. The molecule has 36 valence electrons. The Kier molecular flexibility index (Phi) is 23.9. The van der Waals surface area contributed by atoms with Crippen LogP contribution in [0.2, 0.25) is 0 Å². The minimum atomic E-state index is 1.34. The number of nitrogens with two attached hydrogens (primary N) is 2. The van der Waals surface area contributed by atoms with E-state index in [1.54, 1.807) is 0 Å². The molecule has 0 rings (SSSR count). The zero-order valence-corrected chi connectivity index (χ0v) is 5.28. The molecule has 0 aliphatic heterocycles. The average molecular weight is 93.2 g/mol. The maximum absolute atomic E-state index is 4.00. The lowest BCUT2D eigenvalue weighted by Gasteiger charge is -1.69. The first-order chi connectivity index (χ1) is 3.41. The lowest BCUT2D eigenvalue weighted by Crippen LogP contribution is -2.11. The van der Waals surface area contributed by atoms with Crippen LogP contribution in [0.4, 0.5) is 0 Å². The van der Waals surface area contributed by atoms with Gasteiger partial charge in [-0.2, -0.15) is 0 Å². The zero-order chi connectivity index (χ0) is 6.12. The second kappa shape index (κ2) is 16.3. The van der Waals surface area contributed by atoms with Crippen molar-refractivity contribution in [1.29, 1.82) is 0 Å². The van der Waals surface area contributed by atoms with Gasteiger partial charge in [-0.15, -0.1) is 0 Å². The van der Waals surface area contributed by atoms with Gasteiger partial charge in [-0.05, 0) is 0 Å². The van der Waals surface area contributed by atoms with Crippen molar-refractivity contribution in [3.05, 3.63) is 0 Å². The molecule has 0 fully saturated rings. The molecular weight excluding hydrogens is 82.1 g/mol. The highest BCUT2D eigenvalue weighted by atomic mass is 15.0. The second-order valence-electron chi connectivity index (χ2n) is 1.35. The van der Waals surface area contributed by atoms with Gasteiger partial charge in [-0.3, -0.25) is 11.7 Å². The summed E-state index contributed by atoms with van der Waals surface area (Å²) < 4.78 is 0. The summed E-state index contributed by atoms with van der Waals surface area (Å²) in [6.45, 7) is 0. The normalized spacial score (nSPS) is 4.86. The SMILES string of the molecule is BBBBB.NN. The van der Waals surface area contributed by atoms with Gasteiger partial charge in [0.05, 0.1) is 15.5 Å². The molecule has 0 aromatic carbocycles. The van der Waals surface area contributed by atoms with Crippen molar-refractivity contribution >= 4 is 36.7 Å². The first-order valence-electron chi connectivity index (χ1n) is 2.75. The van der Waals surface area contributed by atoms with Crippen LogP contribution in [0.25, 0.3) is 0 Å². The van der Waals surface area contributed by atoms with Gasteiger partial charge in [0.1, 0.15) is 0 Å². The van der Waals surface area contributed by atoms with Gasteiger partial charge in [0.2, 0.25) is 0 Å². The summed E-state index contributed by atoms with van der Waals surface area (Å²) in [7, 11) is 8.50. The molecule has 0 heterocycles. The van der Waals surface area contributed by atoms with Crippen molar-refractivity contribution in [3.8, 4) is 0 Å². The summed E-state index contributed by atoms with van der Waals surface area (Å²) in [5.41, 5.74) is 0. The fraction of sp³-hybridized carbons (Fsp3) is 0. The van der Waals surface area contributed by atoms with E-state index in [0.717, 1.165) is 0 Å². The highest BCUT2D eigenvalue weighted by Crippen LogP contribution is 1.35. The Morgan fingerprint density at radius 3 is 1.29 bits per heavy atom. The molecule has 0 aromatic heterocycles. The van der Waals surface area contributed by atoms with Gasteiger partial charge in [-0.1, -0.05) is 0 Å². The summed E-state index contributed by atoms with van der Waals surface area (Å²) >= 11 is 0. The zero-order valence-electron chi connectivity index (χ0n) is 5.28. The molecule has 2 nitrogen and oxygen atoms in total. The molecule has 0 aliphatic rings. The number of rotatable bonds is 2. The highest BCUT2D eigenvalue weighted by Gasteiger charge is 1.78. The van der Waals surface area contributed by atoms with Crippen molar-refractivity contribution in [2.24, 2.45) is 11.7 Å². The minimum Gasteiger partial charge on any atom is -0.274 e. The van der Waals surface area contributed by atoms with Crippen molar-refractivity contribution in [2.45, 2.75) is 0 Å². The second-order valence-corrected chi connectivity index (χ2v) is 1.35. The molecule has 0 atom stereocenters. The summed E-state index contributed by atoms with van der Waals surface area (Å²) in [6, 6.07) is 0. The molecule has 7 heteroatoms. The third kappa shape index (κ3) is 22.3. The Morgan fingerprint density at radius 2 is 1.29 bits per heavy atom. The van der Waals surface area contributed by atoms with Crippen LogP contribution in [0.5, 0.6) is 0 Å². The third-order valence-electron chi connectivity index (χ3n) is 0.707. The Labute approximate surface area is 49.2 Å². The van der Waals surface area contributed by atoms with E-state index in [1.165, 1.54) is 21.2 Å². The van der Waals surface area contributed by atoms with E-state index >= 15 is 0 Å². The van der Waals surface area contributed by atoms with Crippen LogP contribution in [-0.4, -0.2) is 36.7 Å². The lowest BCUT2D eigenvalue weighted by atomic mass is 9.08. The van der Waals surface area contributed by atoms with Crippen LogP contribution in [0, 0.1) is 0 Å². The largest absolute Gasteiger partial charge is 0.274 e. The molecular formula is H11B5N2. The molecule has 0 saturated carbocycles. The molecule has 0 amide bonds. The van der Waals surface area contributed by atoms with Gasteiger partial charge < -0.3 is 0 Å². The summed E-state index contributed by atoms with van der Waals surface area (Å²) in [5, 5.41) is 0. The van der Waals surface area contributed by atoms with E-state index < -0.39 is 0 Å². The van der Waals surface area contributed by atoms with Crippen LogP contribution >= 0.6 is 0 Å². The number of hydrogen-bond acceptors (Lipinski definition) is 2. The molecule has 0 aliphatic carbocycles. The fourth-order valence-corrected chi connectivity index (χ4v) is 0.354. The molecule has 0 bridgehead atoms. The molecule has 0 unspecified atom stereocenters. The van der Waals surface area contributed by atoms with Crippen LogP contribution in [0.3, 0.4) is 0 Å². The van der Waals surface area contributed by atoms with E-state index in [0.29, 0.717) is 0 Å². The quantitative estimate of drug-likeness (QED) is 0.204. The van der Waals surface area contributed by atoms with E-state index in [-0.39, 0.29) is 0 Å². The van der Waals surface area contributed by atoms with Crippen LogP contribution in [0.1, 0.15) is 0 Å². The average Bonchev–Trinajstić information content (AvgIpc) is 1.75. The Morgan fingerprint density at radius 1 is 1.00 bits per heavy atom. The van der Waals surface area contributed by atoms with Gasteiger partial charge >= 0.3 is 0 Å². The summed E-state index contributed by atoms with van der Waals surface area (Å²) in [5.74, 6) is 8.00. The molecule has 0 radical (unpaired) electrons. The van der Waals surface area contributed by atoms with Crippen molar-refractivity contribution in [1.82, 2.24) is 0 Å². The molecule has 7 heavy (non-hydrogen) atoms. The Hall–Kier alpha value is 0.245. The van der Waals surface area contributed by atoms with Crippen LogP contribution in [-0.2, 0) is 0 Å². The smallest absolute Gasteiger partial charge is 0.0597 e. The predicted molar refractivity (Wildman–Crippen MR) is 46.9 cm³/mol. The summed E-state index contributed by atoms with van der Waals surface area (Å²) in [4.78, 5) is 0. The van der Waals surface area contributed by atoms with Crippen molar-refractivity contribution in [3.63, 3.8) is 0 Å². The predicted octanol–water partition coefficient (Wildman–Crippen LogP) is -4.96. The van der Waals surface area contributed by atoms with Crippen molar-refractivity contribution in [2.75, 3.05) is 0 Å². The third-order valence-corrected chi connectivity index (χ3v) is 0.707. The maximum Gasteiger partial charge on any atom is 0.0597 e. The first kappa shape index (κ1) is 10.3. The van der Waals surface area contributed by atoms with E-state index in [2.05, 4.69) is 27.2 Å². The van der Waals surface area contributed by atoms with Gasteiger partial charge in [-0.25, -0.2) is 0 Å². The molecule has 4 N–H and O–H groups in total. The fourth-order valence-electron chi connectivity index (χ4n) is 0.354. The van der Waals surface area contributed by atoms with Gasteiger partial charge in [0.25, 0.3) is 0 Å². The van der Waals surface area contributed by atoms with Crippen LogP contribution < -0.4 is 11.7 Å².